The number of hydrogen-bond donors (Lipinski definition) is 1. The molecule has 0 fully saturated rings. The lowest BCUT2D eigenvalue weighted by atomic mass is 10.2. The van der Waals surface area contributed by atoms with Crippen LogP contribution in [0.5, 0.6) is 5.75 Å². The fourth-order valence-electron chi connectivity index (χ4n) is 2.52. The Morgan fingerprint density at radius 2 is 1.96 bits per heavy atom. The number of hydrogen-bond acceptors (Lipinski definition) is 3. The first-order chi connectivity index (χ1) is 12.7. The molecule has 0 spiro atoms. The second-order valence-corrected chi connectivity index (χ2v) is 6.73. The molecular weight excluding hydrogens is 394 g/mol. The monoisotopic (exact) mass is 413 g/mol. The van der Waals surface area contributed by atoms with E-state index < -0.39 is 0 Å². The summed E-state index contributed by atoms with van der Waals surface area (Å²) in [6.07, 6.45) is 2.74. The number of halogens is 1. The van der Waals surface area contributed by atoms with Crippen LogP contribution in [0, 0.1) is 0 Å². The molecule has 0 aliphatic carbocycles. The number of anilines is 1. The molecule has 0 saturated heterocycles. The van der Waals surface area contributed by atoms with Crippen LogP contribution in [0.4, 0.5) is 5.82 Å². The van der Waals surface area contributed by atoms with Crippen molar-refractivity contribution in [1.82, 2.24) is 9.78 Å². The summed E-state index contributed by atoms with van der Waals surface area (Å²) in [7, 11) is 0. The molecule has 2 aromatic carbocycles. The summed E-state index contributed by atoms with van der Waals surface area (Å²) in [4.78, 5) is 12.2. The van der Waals surface area contributed by atoms with E-state index in [9.17, 15) is 4.79 Å². The zero-order valence-electron chi connectivity index (χ0n) is 14.3. The minimum atomic E-state index is -0.0438. The highest BCUT2D eigenvalue weighted by atomic mass is 79.9. The van der Waals surface area contributed by atoms with Crippen molar-refractivity contribution in [2.45, 2.75) is 19.4 Å². The van der Waals surface area contributed by atoms with E-state index in [2.05, 4.69) is 26.3 Å². The lowest BCUT2D eigenvalue weighted by molar-refractivity contribution is -0.116. The third-order valence-electron chi connectivity index (χ3n) is 3.77. The Kier molecular flexibility index (Phi) is 6.44. The van der Waals surface area contributed by atoms with Crippen LogP contribution < -0.4 is 10.1 Å². The van der Waals surface area contributed by atoms with Crippen molar-refractivity contribution in [3.63, 3.8) is 0 Å². The van der Waals surface area contributed by atoms with Crippen LogP contribution in [0.2, 0.25) is 0 Å². The van der Waals surface area contributed by atoms with Crippen LogP contribution >= 0.6 is 15.9 Å². The van der Waals surface area contributed by atoms with Gasteiger partial charge in [0.2, 0.25) is 5.91 Å². The van der Waals surface area contributed by atoms with Gasteiger partial charge in [-0.15, -0.1) is 0 Å². The van der Waals surface area contributed by atoms with E-state index in [1.165, 1.54) is 0 Å². The average Bonchev–Trinajstić information content (AvgIpc) is 3.06. The first kappa shape index (κ1) is 18.2. The molecule has 0 aliphatic heterocycles. The maximum Gasteiger partial charge on any atom is 0.225 e. The predicted octanol–water partition coefficient (Wildman–Crippen LogP) is 4.49. The quantitative estimate of drug-likeness (QED) is 0.553. The maximum absolute atomic E-state index is 12.2. The second-order valence-electron chi connectivity index (χ2n) is 5.82. The Labute approximate surface area is 161 Å². The molecule has 0 radical (unpaired) electrons. The SMILES string of the molecule is O=C(CCCOc1ccccc1)Nc1ccnn1Cc1cccc(Br)c1. The van der Waals surface area contributed by atoms with Gasteiger partial charge in [0.25, 0.3) is 0 Å². The van der Waals surface area contributed by atoms with Gasteiger partial charge in [0, 0.05) is 17.0 Å². The highest BCUT2D eigenvalue weighted by Crippen LogP contribution is 2.15. The number of nitrogens with one attached hydrogen (secondary N) is 1. The molecule has 3 rings (SSSR count). The molecule has 26 heavy (non-hydrogen) atoms. The highest BCUT2D eigenvalue weighted by Gasteiger charge is 2.08. The Hall–Kier alpha value is -2.60. The Bertz CT molecular complexity index is 849. The summed E-state index contributed by atoms with van der Waals surface area (Å²) in [6.45, 7) is 1.11. The van der Waals surface area contributed by atoms with Crippen LogP contribution in [0.1, 0.15) is 18.4 Å². The summed E-state index contributed by atoms with van der Waals surface area (Å²) in [6, 6.07) is 19.4. The number of carbonyl (C=O) groups excluding carboxylic acids is 1. The average molecular weight is 414 g/mol. The largest absolute Gasteiger partial charge is 0.494 e. The molecule has 6 heteroatoms. The first-order valence-electron chi connectivity index (χ1n) is 8.45. The molecule has 1 aromatic heterocycles. The van der Waals surface area contributed by atoms with Crippen molar-refractivity contribution < 1.29 is 9.53 Å². The van der Waals surface area contributed by atoms with E-state index in [0.717, 1.165) is 15.8 Å². The van der Waals surface area contributed by atoms with E-state index in [0.29, 0.717) is 31.8 Å². The van der Waals surface area contributed by atoms with Gasteiger partial charge in [-0.25, -0.2) is 4.68 Å². The van der Waals surface area contributed by atoms with Gasteiger partial charge >= 0.3 is 0 Å². The number of benzene rings is 2. The van der Waals surface area contributed by atoms with Gasteiger partial charge in [0.05, 0.1) is 19.3 Å². The van der Waals surface area contributed by atoms with Crippen LogP contribution in [-0.2, 0) is 11.3 Å². The summed E-state index contributed by atoms with van der Waals surface area (Å²) < 4.78 is 8.40. The zero-order chi connectivity index (χ0) is 18.2. The van der Waals surface area contributed by atoms with Gasteiger partial charge in [-0.1, -0.05) is 46.3 Å². The van der Waals surface area contributed by atoms with Crippen LogP contribution in [0.15, 0.2) is 71.3 Å². The van der Waals surface area contributed by atoms with Gasteiger partial charge in [0.15, 0.2) is 0 Å². The molecule has 3 aromatic rings. The maximum atomic E-state index is 12.2. The van der Waals surface area contributed by atoms with Gasteiger partial charge in [0.1, 0.15) is 11.6 Å². The van der Waals surface area contributed by atoms with Crippen LogP contribution in [0.3, 0.4) is 0 Å². The summed E-state index contributed by atoms with van der Waals surface area (Å²) in [5.41, 5.74) is 1.11. The summed E-state index contributed by atoms with van der Waals surface area (Å²) >= 11 is 3.47. The van der Waals surface area contributed by atoms with Crippen molar-refractivity contribution in [2.75, 3.05) is 11.9 Å². The van der Waals surface area contributed by atoms with Gasteiger partial charge < -0.3 is 10.1 Å². The lowest BCUT2D eigenvalue weighted by Crippen LogP contribution is -2.16. The molecule has 0 atom stereocenters. The van der Waals surface area contributed by atoms with Gasteiger partial charge in [-0.2, -0.15) is 5.10 Å². The van der Waals surface area contributed by atoms with Gasteiger partial charge in [-0.05, 0) is 36.2 Å². The van der Waals surface area contributed by atoms with Crippen molar-refractivity contribution in [3.8, 4) is 5.75 Å². The van der Waals surface area contributed by atoms with Crippen molar-refractivity contribution >= 4 is 27.7 Å². The van der Waals surface area contributed by atoms with Gasteiger partial charge in [-0.3, -0.25) is 4.79 Å². The molecule has 1 amide bonds. The third-order valence-corrected chi connectivity index (χ3v) is 4.26. The molecule has 5 nitrogen and oxygen atoms in total. The molecule has 0 bridgehead atoms. The van der Waals surface area contributed by atoms with E-state index in [1.807, 2.05) is 54.6 Å². The smallest absolute Gasteiger partial charge is 0.225 e. The van der Waals surface area contributed by atoms with E-state index >= 15 is 0 Å². The Balaban J connectivity index is 1.47. The van der Waals surface area contributed by atoms with Crippen molar-refractivity contribution in [3.05, 3.63) is 76.9 Å². The minimum Gasteiger partial charge on any atom is -0.494 e. The minimum absolute atomic E-state index is 0.0438. The number of amides is 1. The standard InChI is InChI=1S/C20H20BrN3O2/c21-17-7-4-6-16(14-17)15-24-19(11-12-22-24)23-20(25)10-5-13-26-18-8-2-1-3-9-18/h1-4,6-9,11-12,14H,5,10,13,15H2,(H,23,25). The van der Waals surface area contributed by atoms with E-state index in [4.69, 9.17) is 4.74 Å². The topological polar surface area (TPSA) is 56.1 Å². The molecule has 0 saturated carbocycles. The fourth-order valence-corrected chi connectivity index (χ4v) is 2.96. The predicted molar refractivity (Wildman–Crippen MR) is 105 cm³/mol. The molecule has 1 heterocycles. The first-order valence-corrected chi connectivity index (χ1v) is 9.24. The zero-order valence-corrected chi connectivity index (χ0v) is 15.9. The normalized spacial score (nSPS) is 10.5. The van der Waals surface area contributed by atoms with E-state index in [-0.39, 0.29) is 5.91 Å². The molecular formula is C20H20BrN3O2. The fraction of sp³-hybridized carbons (Fsp3) is 0.200. The lowest BCUT2D eigenvalue weighted by Gasteiger charge is -2.10. The summed E-state index contributed by atoms with van der Waals surface area (Å²) in [5, 5.41) is 7.21. The third kappa shape index (κ3) is 5.46. The van der Waals surface area contributed by atoms with Crippen molar-refractivity contribution in [1.29, 1.82) is 0 Å². The van der Waals surface area contributed by atoms with E-state index in [1.54, 1.807) is 16.9 Å². The number of aromatic nitrogens is 2. The molecule has 1 N–H and O–H groups in total. The van der Waals surface area contributed by atoms with Crippen LogP contribution in [-0.4, -0.2) is 22.3 Å². The highest BCUT2D eigenvalue weighted by molar-refractivity contribution is 9.10. The van der Waals surface area contributed by atoms with Crippen molar-refractivity contribution in [2.24, 2.45) is 0 Å². The molecule has 134 valence electrons. The number of carbonyl (C=O) groups is 1. The Morgan fingerprint density at radius 3 is 2.77 bits per heavy atom. The molecule has 0 unspecified atom stereocenters. The summed E-state index contributed by atoms with van der Waals surface area (Å²) in [5.74, 6) is 1.47. The number of para-hydroxylation sites is 1. The van der Waals surface area contributed by atoms with Crippen LogP contribution in [0.25, 0.3) is 0 Å². The molecule has 0 aliphatic rings. The number of ether oxygens (including phenoxy) is 1. The number of nitrogens with zero attached hydrogens (tertiary/aromatic N) is 2. The number of rotatable bonds is 8. The second kappa shape index (κ2) is 9.20. The Morgan fingerprint density at radius 1 is 1.12 bits per heavy atom.